The first-order valence-corrected chi connectivity index (χ1v) is 8.18. The fourth-order valence-corrected chi connectivity index (χ4v) is 2.49. The van der Waals surface area contributed by atoms with E-state index in [1.807, 2.05) is 24.3 Å². The van der Waals surface area contributed by atoms with E-state index in [4.69, 9.17) is 5.73 Å². The van der Waals surface area contributed by atoms with E-state index in [1.54, 1.807) is 0 Å². The lowest BCUT2D eigenvalue weighted by Gasteiger charge is -2.17. The number of benzene rings is 1. The fourth-order valence-electron chi connectivity index (χ4n) is 2.49. The number of nitrogens with two attached hydrogens (primary N) is 1. The minimum Gasteiger partial charge on any atom is -0.399 e. The van der Waals surface area contributed by atoms with E-state index in [0.717, 1.165) is 24.2 Å². The van der Waals surface area contributed by atoms with Crippen LogP contribution in [0.15, 0.2) is 24.3 Å². The van der Waals surface area contributed by atoms with Gasteiger partial charge in [0.25, 0.3) is 0 Å². The topological polar surface area (TPSA) is 55.1 Å². The lowest BCUT2D eigenvalue weighted by molar-refractivity contribution is -0.121. The van der Waals surface area contributed by atoms with Crippen molar-refractivity contribution in [2.45, 2.75) is 58.8 Å². The summed E-state index contributed by atoms with van der Waals surface area (Å²) >= 11 is 0. The number of carbonyl (C=O) groups excluding carboxylic acids is 1. The Balaban J connectivity index is 2.37. The summed E-state index contributed by atoms with van der Waals surface area (Å²) < 4.78 is 0. The van der Waals surface area contributed by atoms with Crippen molar-refractivity contribution >= 4 is 11.6 Å². The zero-order valence-corrected chi connectivity index (χ0v) is 13.7. The van der Waals surface area contributed by atoms with Crippen molar-refractivity contribution in [1.29, 1.82) is 0 Å². The van der Waals surface area contributed by atoms with Gasteiger partial charge in [0.2, 0.25) is 5.91 Å². The Morgan fingerprint density at radius 2 is 1.90 bits per heavy atom. The molecule has 3 N–H and O–H groups in total. The van der Waals surface area contributed by atoms with Crippen LogP contribution in [-0.2, 0) is 4.79 Å². The molecule has 0 aromatic heterocycles. The van der Waals surface area contributed by atoms with Crippen LogP contribution in [-0.4, -0.2) is 12.5 Å². The van der Waals surface area contributed by atoms with Crippen LogP contribution in [0, 0.1) is 5.92 Å². The molecule has 118 valence electrons. The maximum absolute atomic E-state index is 12.1. The van der Waals surface area contributed by atoms with Crippen molar-refractivity contribution in [3.63, 3.8) is 0 Å². The van der Waals surface area contributed by atoms with E-state index in [1.165, 1.54) is 19.3 Å². The number of nitrogens with one attached hydrogen (secondary N) is 1. The van der Waals surface area contributed by atoms with Gasteiger partial charge in [-0.1, -0.05) is 52.2 Å². The van der Waals surface area contributed by atoms with Gasteiger partial charge in [0.05, 0.1) is 0 Å². The van der Waals surface area contributed by atoms with Gasteiger partial charge in [-0.2, -0.15) is 0 Å². The summed E-state index contributed by atoms with van der Waals surface area (Å²) in [7, 11) is 0. The van der Waals surface area contributed by atoms with Crippen molar-refractivity contribution in [3.8, 4) is 0 Å². The van der Waals surface area contributed by atoms with Crippen LogP contribution in [0.1, 0.15) is 64.4 Å². The summed E-state index contributed by atoms with van der Waals surface area (Å²) in [5, 5.41) is 3.09. The highest BCUT2D eigenvalue weighted by molar-refractivity contribution is 5.76. The van der Waals surface area contributed by atoms with Gasteiger partial charge >= 0.3 is 0 Å². The summed E-state index contributed by atoms with van der Waals surface area (Å²) in [5.41, 5.74) is 7.61. The fraction of sp³-hybridized carbons (Fsp3) is 0.611. The average Bonchev–Trinajstić information content (AvgIpc) is 2.48. The third-order valence-electron chi connectivity index (χ3n) is 4.13. The quantitative estimate of drug-likeness (QED) is 0.673. The number of amides is 1. The number of unbranched alkanes of at least 4 members (excludes halogenated alkanes) is 1. The zero-order chi connectivity index (χ0) is 15.7. The molecule has 0 radical (unpaired) electrons. The van der Waals surface area contributed by atoms with Crippen LogP contribution in [0.3, 0.4) is 0 Å². The lowest BCUT2D eigenvalue weighted by atomic mass is 9.96. The smallest absolute Gasteiger partial charge is 0.220 e. The van der Waals surface area contributed by atoms with E-state index in [9.17, 15) is 4.79 Å². The van der Waals surface area contributed by atoms with Crippen LogP contribution in [0.4, 0.5) is 5.69 Å². The molecule has 0 bridgehead atoms. The molecule has 1 rings (SSSR count). The SMILES string of the molecule is CCCCC(CC)CNC(=O)CC(C)c1ccc(N)cc1. The Hall–Kier alpha value is -1.51. The van der Waals surface area contributed by atoms with Gasteiger partial charge in [-0.25, -0.2) is 0 Å². The highest BCUT2D eigenvalue weighted by atomic mass is 16.1. The van der Waals surface area contributed by atoms with Crippen LogP contribution >= 0.6 is 0 Å². The van der Waals surface area contributed by atoms with Crippen LogP contribution in [0.25, 0.3) is 0 Å². The monoisotopic (exact) mass is 290 g/mol. The van der Waals surface area contributed by atoms with Crippen molar-refractivity contribution < 1.29 is 4.79 Å². The molecule has 2 unspecified atom stereocenters. The largest absolute Gasteiger partial charge is 0.399 e. The molecular formula is C18H30N2O. The summed E-state index contributed by atoms with van der Waals surface area (Å²) in [6, 6.07) is 7.79. The van der Waals surface area contributed by atoms with E-state index in [0.29, 0.717) is 12.3 Å². The zero-order valence-electron chi connectivity index (χ0n) is 13.7. The van der Waals surface area contributed by atoms with E-state index in [2.05, 4.69) is 26.1 Å². The third-order valence-corrected chi connectivity index (χ3v) is 4.13. The first kappa shape index (κ1) is 17.5. The molecule has 1 aromatic rings. The Labute approximate surface area is 129 Å². The number of hydrogen-bond acceptors (Lipinski definition) is 2. The number of rotatable bonds is 9. The van der Waals surface area contributed by atoms with Crippen molar-refractivity contribution in [3.05, 3.63) is 29.8 Å². The molecule has 3 nitrogen and oxygen atoms in total. The maximum atomic E-state index is 12.1. The van der Waals surface area contributed by atoms with Crippen LogP contribution in [0.2, 0.25) is 0 Å². The third kappa shape index (κ3) is 6.65. The maximum Gasteiger partial charge on any atom is 0.220 e. The normalized spacial score (nSPS) is 13.7. The Kier molecular flexibility index (Phi) is 7.88. The first-order chi connectivity index (χ1) is 10.1. The van der Waals surface area contributed by atoms with Crippen LogP contribution < -0.4 is 11.1 Å². The second-order valence-corrected chi connectivity index (χ2v) is 5.99. The molecule has 0 aliphatic rings. The number of carbonyl (C=O) groups is 1. The van der Waals surface area contributed by atoms with Gasteiger partial charge in [0.1, 0.15) is 0 Å². The number of nitrogen functional groups attached to an aromatic ring is 1. The average molecular weight is 290 g/mol. The molecule has 0 aliphatic carbocycles. The Morgan fingerprint density at radius 1 is 1.24 bits per heavy atom. The van der Waals surface area contributed by atoms with Gasteiger partial charge in [-0.3, -0.25) is 4.79 Å². The number of anilines is 1. The predicted molar refractivity (Wildman–Crippen MR) is 90.2 cm³/mol. The lowest BCUT2D eigenvalue weighted by Crippen LogP contribution is -2.29. The first-order valence-electron chi connectivity index (χ1n) is 8.18. The van der Waals surface area contributed by atoms with Gasteiger partial charge in [-0.05, 0) is 36.0 Å². The second-order valence-electron chi connectivity index (χ2n) is 5.99. The molecule has 1 aromatic carbocycles. The van der Waals surface area contributed by atoms with E-state index >= 15 is 0 Å². The molecular weight excluding hydrogens is 260 g/mol. The molecule has 21 heavy (non-hydrogen) atoms. The summed E-state index contributed by atoms with van der Waals surface area (Å²) in [6.45, 7) is 7.30. The van der Waals surface area contributed by atoms with Crippen molar-refractivity contribution in [2.75, 3.05) is 12.3 Å². The molecule has 0 fully saturated rings. The molecule has 1 amide bonds. The minimum absolute atomic E-state index is 0.147. The molecule has 0 heterocycles. The van der Waals surface area contributed by atoms with Gasteiger partial charge in [0.15, 0.2) is 0 Å². The summed E-state index contributed by atoms with van der Waals surface area (Å²) in [6.07, 6.45) is 5.34. The highest BCUT2D eigenvalue weighted by Crippen LogP contribution is 2.20. The van der Waals surface area contributed by atoms with Gasteiger partial charge < -0.3 is 11.1 Å². The molecule has 0 saturated heterocycles. The Morgan fingerprint density at radius 3 is 2.48 bits per heavy atom. The van der Waals surface area contributed by atoms with Gasteiger partial charge in [-0.15, -0.1) is 0 Å². The molecule has 0 aliphatic heterocycles. The van der Waals surface area contributed by atoms with Crippen molar-refractivity contribution in [1.82, 2.24) is 5.32 Å². The number of hydrogen-bond donors (Lipinski definition) is 2. The second kappa shape index (κ2) is 9.43. The molecule has 0 spiro atoms. The van der Waals surface area contributed by atoms with Crippen molar-refractivity contribution in [2.24, 2.45) is 5.92 Å². The summed E-state index contributed by atoms with van der Waals surface area (Å²) in [5.74, 6) is 0.983. The summed E-state index contributed by atoms with van der Waals surface area (Å²) in [4.78, 5) is 12.1. The molecule has 3 heteroatoms. The standard InChI is InChI=1S/C18H30N2O/c1-4-6-7-15(5-2)13-20-18(21)12-14(3)16-8-10-17(19)11-9-16/h8-11,14-15H,4-7,12-13,19H2,1-3H3,(H,20,21). The Bertz CT molecular complexity index is 414. The highest BCUT2D eigenvalue weighted by Gasteiger charge is 2.13. The molecule has 2 atom stereocenters. The van der Waals surface area contributed by atoms with Gasteiger partial charge in [0, 0.05) is 18.7 Å². The van der Waals surface area contributed by atoms with Crippen LogP contribution in [0.5, 0.6) is 0 Å². The predicted octanol–water partition coefficient (Wildman–Crippen LogP) is 4.10. The minimum atomic E-state index is 0.147. The van der Waals surface area contributed by atoms with E-state index in [-0.39, 0.29) is 11.8 Å². The molecule has 0 saturated carbocycles. The van der Waals surface area contributed by atoms with E-state index < -0.39 is 0 Å².